The van der Waals surface area contributed by atoms with Gasteiger partial charge in [0.1, 0.15) is 33.4 Å². The molecular weight excluding hydrogens is 1070 g/mol. The van der Waals surface area contributed by atoms with Gasteiger partial charge < -0.3 is 48.0 Å². The van der Waals surface area contributed by atoms with E-state index in [-0.39, 0.29) is 43.9 Å². The maximum atomic E-state index is 14.6. The second kappa shape index (κ2) is 23.2. The van der Waals surface area contributed by atoms with E-state index in [0.717, 1.165) is 44.4 Å². The molecule has 7 atom stereocenters. The number of nitrogens with one attached hydrogen (secondary N) is 2. The van der Waals surface area contributed by atoms with E-state index in [1.165, 1.54) is 16.3 Å². The normalized spacial score (nSPS) is 22.6. The summed E-state index contributed by atoms with van der Waals surface area (Å²) in [6.07, 6.45) is 1.42. The predicted octanol–water partition coefficient (Wildman–Crippen LogP) is 8.85. The lowest BCUT2D eigenvalue weighted by molar-refractivity contribution is -0.156. The summed E-state index contributed by atoms with van der Waals surface area (Å²) in [7, 11) is 1.05. The van der Waals surface area contributed by atoms with Crippen molar-refractivity contribution in [1.82, 2.24) is 35.2 Å². The number of nitrogens with zero attached hydrogens (tertiary/aromatic N) is 5. The number of morpholine rings is 1. The largest absolute Gasteiger partial charge is 0.494 e. The van der Waals surface area contributed by atoms with Crippen molar-refractivity contribution in [2.24, 2.45) is 5.41 Å². The van der Waals surface area contributed by atoms with Crippen LogP contribution in [0.1, 0.15) is 149 Å². The number of amides is 3. The lowest BCUT2D eigenvalue weighted by Gasteiger charge is -2.47. The zero-order valence-electron chi connectivity index (χ0n) is 46.8. The van der Waals surface area contributed by atoms with E-state index < -0.39 is 71.6 Å². The first-order valence-corrected chi connectivity index (χ1v) is 28.5. The fourth-order valence-electron chi connectivity index (χ4n) is 11.0. The maximum Gasteiger partial charge on any atom is 0.494 e. The average Bonchev–Trinajstić information content (AvgIpc) is 4.07. The number of hydrogen-bond acceptors (Lipinski definition) is 15. The summed E-state index contributed by atoms with van der Waals surface area (Å²) >= 11 is 4.69. The summed E-state index contributed by atoms with van der Waals surface area (Å²) in [6, 6.07) is 5.92. The van der Waals surface area contributed by atoms with Gasteiger partial charge in [0.25, 0.3) is 5.91 Å². The molecule has 19 nitrogen and oxygen atoms in total. The summed E-state index contributed by atoms with van der Waals surface area (Å²) in [4.78, 5) is 65.8. The van der Waals surface area contributed by atoms with Crippen LogP contribution in [0.3, 0.4) is 0 Å². The lowest BCUT2D eigenvalue weighted by atomic mass is 9.77. The van der Waals surface area contributed by atoms with E-state index in [0.29, 0.717) is 61.5 Å². The second-order valence-electron chi connectivity index (χ2n) is 23.5. The minimum atomic E-state index is -1.25. The Balaban J connectivity index is 1.11. The Labute approximate surface area is 465 Å². The number of ether oxygens (including phenoxy) is 5. The standard InChI is InChI=1S/C55H77BBrN7O12S/c1-14-62-41-19-18-34(56-75-54(9,10)55(11,12)76-56)24-37(41)39(45(62)38-23-33(26-58-43(38)31(3)70-13)32-21-35-27-71-28-36(22-32)64(35)51(68)69)25-53(7,8)30-73-49(66)40-17-16-20-63(61-40)48(65)44(60-50(67)74-52(4,5)6)46(72-15-2)47-59-42(57)29-77-47/h18-19,23-24,26,29,31-32,35-36,40,44,46,61H,14-17,20-22,25,27-28,30H2,1-13H3,(H,60,67)(H,68,69)/t31-,32?,35-,36+,40?,44-,46-/m0/s1. The molecule has 3 aromatic heterocycles. The van der Waals surface area contributed by atoms with Gasteiger partial charge in [-0.15, -0.1) is 11.3 Å². The quantitative estimate of drug-likeness (QED) is 0.0665. The van der Waals surface area contributed by atoms with Crippen LogP contribution in [-0.4, -0.2) is 142 Å². The summed E-state index contributed by atoms with van der Waals surface area (Å²) in [5.74, 6) is -1.01. The minimum absolute atomic E-state index is 0.0356. The first-order valence-electron chi connectivity index (χ1n) is 26.8. The molecule has 4 saturated heterocycles. The number of carbonyl (C=O) groups is 4. The molecule has 8 rings (SSSR count). The van der Waals surface area contributed by atoms with Gasteiger partial charge in [-0.1, -0.05) is 26.0 Å². The first-order chi connectivity index (χ1) is 36.2. The second-order valence-corrected chi connectivity index (χ2v) is 25.2. The van der Waals surface area contributed by atoms with Gasteiger partial charge in [-0.05, 0) is 152 Å². The van der Waals surface area contributed by atoms with Crippen LogP contribution in [0.25, 0.3) is 22.2 Å². The molecule has 0 aliphatic carbocycles. The Morgan fingerprint density at radius 2 is 1.73 bits per heavy atom. The van der Waals surface area contributed by atoms with Crippen molar-refractivity contribution in [3.8, 4) is 11.3 Å². The molecule has 3 N–H and O–H groups in total. The number of halogens is 1. The third-order valence-corrected chi connectivity index (χ3v) is 17.1. The number of carbonyl (C=O) groups excluding carboxylic acids is 3. The van der Waals surface area contributed by atoms with Crippen LogP contribution in [-0.2, 0) is 55.5 Å². The van der Waals surface area contributed by atoms with Crippen molar-refractivity contribution in [1.29, 1.82) is 0 Å². The summed E-state index contributed by atoms with van der Waals surface area (Å²) in [5.41, 5.74) is 7.03. The lowest BCUT2D eigenvalue weighted by Crippen LogP contribution is -2.61. The minimum Gasteiger partial charge on any atom is -0.465 e. The van der Waals surface area contributed by atoms with Crippen LogP contribution in [0.2, 0.25) is 0 Å². The van der Waals surface area contributed by atoms with Crippen LogP contribution in [0.4, 0.5) is 9.59 Å². The molecule has 77 heavy (non-hydrogen) atoms. The Morgan fingerprint density at radius 1 is 1.04 bits per heavy atom. The number of aromatic nitrogens is 3. The van der Waals surface area contributed by atoms with Gasteiger partial charge in [0.2, 0.25) is 0 Å². The van der Waals surface area contributed by atoms with Crippen LogP contribution >= 0.6 is 27.3 Å². The van der Waals surface area contributed by atoms with Gasteiger partial charge in [-0.25, -0.2) is 20.0 Å². The number of hydrogen-bond donors (Lipinski definition) is 3. The van der Waals surface area contributed by atoms with E-state index in [1.54, 1.807) is 45.1 Å². The molecule has 7 heterocycles. The SMILES string of the molecule is CCO[C@H](c1nc(Br)cs1)[C@H](NC(=O)OC(C)(C)C)C(=O)N1CCCC(C(=O)OCC(C)(C)Cc2c(-c3cc(C4C[C@H]5COC[C@@H](C4)N5C(=O)O)cnc3[C@H](C)OC)n(CC)c3ccc(B4OC(C)(C)C(C)(C)O4)cc23)N1. The maximum absolute atomic E-state index is 14.6. The van der Waals surface area contributed by atoms with Gasteiger partial charge in [0.05, 0.1) is 60.6 Å². The molecule has 22 heteroatoms. The van der Waals surface area contributed by atoms with Crippen LogP contribution < -0.4 is 16.2 Å². The Kier molecular flexibility index (Phi) is 17.6. The van der Waals surface area contributed by atoms with E-state index >= 15 is 0 Å². The van der Waals surface area contributed by atoms with Crippen LogP contribution in [0, 0.1) is 5.41 Å². The molecule has 0 spiro atoms. The number of carboxylic acid groups (broad SMARTS) is 1. The molecule has 420 valence electrons. The number of fused-ring (bicyclic) bond motifs is 3. The molecule has 0 saturated carbocycles. The average molecular weight is 1150 g/mol. The summed E-state index contributed by atoms with van der Waals surface area (Å²) in [5, 5.41) is 17.5. The topological polar surface area (TPSA) is 214 Å². The monoisotopic (exact) mass is 1150 g/mol. The third kappa shape index (κ3) is 12.7. The van der Waals surface area contributed by atoms with Crippen molar-refractivity contribution < 1.29 is 57.3 Å². The Bertz CT molecular complexity index is 2790. The Morgan fingerprint density at radius 3 is 2.32 bits per heavy atom. The number of benzene rings is 1. The first kappa shape index (κ1) is 58.5. The summed E-state index contributed by atoms with van der Waals surface area (Å²) in [6.45, 7) is 25.2. The number of rotatable bonds is 17. The number of piperidine rings is 1. The molecule has 2 bridgehead atoms. The smallest absolute Gasteiger partial charge is 0.465 e. The Hall–Kier alpha value is -4.68. The van der Waals surface area contributed by atoms with E-state index in [9.17, 15) is 24.3 Å². The van der Waals surface area contributed by atoms with E-state index in [2.05, 4.69) is 81.3 Å². The van der Waals surface area contributed by atoms with Crippen LogP contribution in [0.15, 0.2) is 40.4 Å². The highest BCUT2D eigenvalue weighted by Gasteiger charge is 2.52. The van der Waals surface area contributed by atoms with Gasteiger partial charge in [0.15, 0.2) is 0 Å². The van der Waals surface area contributed by atoms with E-state index in [1.807, 2.05) is 40.8 Å². The molecule has 4 aliphatic rings. The van der Waals surface area contributed by atoms with Crippen molar-refractivity contribution in [3.63, 3.8) is 0 Å². The fraction of sp³-hybridized carbons (Fsp3) is 0.636. The van der Waals surface area contributed by atoms with Gasteiger partial charge >= 0.3 is 25.3 Å². The molecule has 4 aromatic rings. The third-order valence-electron chi connectivity index (χ3n) is 15.5. The fourth-order valence-corrected chi connectivity index (χ4v) is 12.3. The van der Waals surface area contributed by atoms with Crippen LogP contribution in [0.5, 0.6) is 0 Å². The van der Waals surface area contributed by atoms with Crippen molar-refractivity contribution in [3.05, 3.63) is 62.3 Å². The molecule has 4 fully saturated rings. The zero-order valence-corrected chi connectivity index (χ0v) is 49.2. The molecule has 3 amide bonds. The highest BCUT2D eigenvalue weighted by atomic mass is 79.9. The highest BCUT2D eigenvalue weighted by molar-refractivity contribution is 9.10. The molecule has 0 radical (unpaired) electrons. The zero-order chi connectivity index (χ0) is 55.9. The number of hydrazine groups is 1. The highest BCUT2D eigenvalue weighted by Crippen LogP contribution is 2.45. The number of pyridine rings is 1. The van der Waals surface area contributed by atoms with Crippen molar-refractivity contribution in [2.75, 3.05) is 40.1 Å². The molecular formula is C55H77BBrN7O12S. The van der Waals surface area contributed by atoms with Gasteiger partial charge in [-0.2, -0.15) is 0 Å². The number of methoxy groups -OCH3 is 1. The number of aryl methyl sites for hydroxylation is 1. The van der Waals surface area contributed by atoms with Gasteiger partial charge in [0, 0.05) is 60.3 Å². The van der Waals surface area contributed by atoms with Gasteiger partial charge in [-0.3, -0.25) is 24.5 Å². The summed E-state index contributed by atoms with van der Waals surface area (Å²) < 4.78 is 45.9. The van der Waals surface area contributed by atoms with Crippen molar-refractivity contribution >= 4 is 74.8 Å². The van der Waals surface area contributed by atoms with E-state index in [4.69, 9.17) is 38.0 Å². The predicted molar refractivity (Wildman–Crippen MR) is 296 cm³/mol. The molecule has 4 aliphatic heterocycles. The number of esters is 1. The molecule has 2 unspecified atom stereocenters. The number of alkyl carbamates (subject to hydrolysis) is 1. The van der Waals surface area contributed by atoms with Crippen molar-refractivity contribution in [2.45, 2.75) is 181 Å². The molecule has 1 aromatic carbocycles. The number of thiazole rings is 1.